The van der Waals surface area contributed by atoms with Gasteiger partial charge in [-0.15, -0.1) is 0 Å². The summed E-state index contributed by atoms with van der Waals surface area (Å²) in [5, 5.41) is 0. The summed E-state index contributed by atoms with van der Waals surface area (Å²) in [5.74, 6) is 0. The van der Waals surface area contributed by atoms with Gasteiger partial charge in [0.15, 0.2) is 12.1 Å². The minimum absolute atomic E-state index is 0.198. The van der Waals surface area contributed by atoms with E-state index in [1.807, 2.05) is 36.4 Å². The molecule has 0 spiro atoms. The Hall–Kier alpha value is -1.64. The van der Waals surface area contributed by atoms with Crippen molar-refractivity contribution in [1.29, 1.82) is 0 Å². The molecule has 0 radical (unpaired) electrons. The molecular formula is C14H18N2+2. The fourth-order valence-corrected chi connectivity index (χ4v) is 1.87. The normalized spacial score (nSPS) is 14.4. The highest BCUT2D eigenvalue weighted by molar-refractivity contribution is 5.23. The molecule has 0 heterocycles. The third-order valence-corrected chi connectivity index (χ3v) is 2.94. The van der Waals surface area contributed by atoms with Crippen LogP contribution < -0.4 is 11.5 Å². The largest absolute Gasteiger partial charge is 0.346 e. The topological polar surface area (TPSA) is 55.3 Å². The van der Waals surface area contributed by atoms with Crippen LogP contribution in [0.1, 0.15) is 23.2 Å². The van der Waals surface area contributed by atoms with Crippen molar-refractivity contribution in [2.24, 2.45) is 0 Å². The summed E-state index contributed by atoms with van der Waals surface area (Å²) in [7, 11) is 0. The molecule has 0 aliphatic heterocycles. The molecule has 2 atom stereocenters. The fraction of sp³-hybridized carbons (Fsp3) is 0.143. The Balaban J connectivity index is 2.20. The Bertz CT molecular complexity index is 382. The maximum atomic E-state index is 4.22. The van der Waals surface area contributed by atoms with Gasteiger partial charge in [0, 0.05) is 11.1 Å². The van der Waals surface area contributed by atoms with Crippen LogP contribution in [0.4, 0.5) is 0 Å². The molecule has 82 valence electrons. The molecule has 0 unspecified atom stereocenters. The van der Waals surface area contributed by atoms with Gasteiger partial charge in [0.2, 0.25) is 0 Å². The third kappa shape index (κ3) is 2.30. The van der Waals surface area contributed by atoms with E-state index in [1.165, 1.54) is 11.1 Å². The van der Waals surface area contributed by atoms with E-state index in [4.69, 9.17) is 0 Å². The summed E-state index contributed by atoms with van der Waals surface area (Å²) in [4.78, 5) is 0. The van der Waals surface area contributed by atoms with Gasteiger partial charge in [0.1, 0.15) is 0 Å². The molecule has 2 aromatic rings. The van der Waals surface area contributed by atoms with Crippen molar-refractivity contribution in [3.05, 3.63) is 71.8 Å². The molecule has 2 heteroatoms. The molecule has 2 nitrogen and oxygen atoms in total. The van der Waals surface area contributed by atoms with E-state index >= 15 is 0 Å². The van der Waals surface area contributed by atoms with E-state index in [0.29, 0.717) is 0 Å². The molecule has 0 aliphatic carbocycles. The summed E-state index contributed by atoms with van der Waals surface area (Å²) in [5.41, 5.74) is 10.9. The van der Waals surface area contributed by atoms with Crippen molar-refractivity contribution in [3.8, 4) is 0 Å². The van der Waals surface area contributed by atoms with Crippen LogP contribution in [-0.4, -0.2) is 0 Å². The lowest BCUT2D eigenvalue weighted by atomic mass is 9.95. The van der Waals surface area contributed by atoms with Gasteiger partial charge in [-0.05, 0) is 0 Å². The number of hydrogen-bond donors (Lipinski definition) is 2. The molecule has 0 bridgehead atoms. The van der Waals surface area contributed by atoms with Crippen molar-refractivity contribution in [2.45, 2.75) is 12.1 Å². The number of quaternary nitrogens is 2. The zero-order chi connectivity index (χ0) is 11.4. The monoisotopic (exact) mass is 214 g/mol. The van der Waals surface area contributed by atoms with E-state index in [2.05, 4.69) is 35.7 Å². The second kappa shape index (κ2) is 4.92. The maximum absolute atomic E-state index is 4.22. The lowest BCUT2D eigenvalue weighted by Gasteiger charge is -2.14. The van der Waals surface area contributed by atoms with Crippen molar-refractivity contribution in [3.63, 3.8) is 0 Å². The molecule has 16 heavy (non-hydrogen) atoms. The maximum Gasteiger partial charge on any atom is 0.167 e. The van der Waals surface area contributed by atoms with Crippen molar-refractivity contribution < 1.29 is 11.5 Å². The Morgan fingerprint density at radius 1 is 0.562 bits per heavy atom. The molecule has 2 aromatic carbocycles. The van der Waals surface area contributed by atoms with Gasteiger partial charge in [0.05, 0.1) is 0 Å². The second-order valence-corrected chi connectivity index (χ2v) is 4.03. The summed E-state index contributed by atoms with van der Waals surface area (Å²) < 4.78 is 0. The first-order valence-electron chi connectivity index (χ1n) is 5.55. The van der Waals surface area contributed by atoms with E-state index in [0.717, 1.165) is 0 Å². The summed E-state index contributed by atoms with van der Waals surface area (Å²) in [6.07, 6.45) is 0. The Morgan fingerprint density at radius 2 is 0.875 bits per heavy atom. The van der Waals surface area contributed by atoms with Crippen molar-refractivity contribution >= 4 is 0 Å². The summed E-state index contributed by atoms with van der Waals surface area (Å²) in [6.45, 7) is 0. The van der Waals surface area contributed by atoms with Gasteiger partial charge in [-0.3, -0.25) is 0 Å². The van der Waals surface area contributed by atoms with Crippen LogP contribution in [0.25, 0.3) is 0 Å². The predicted octanol–water partition coefficient (Wildman–Crippen LogP) is 0.953. The van der Waals surface area contributed by atoms with Crippen molar-refractivity contribution in [1.82, 2.24) is 0 Å². The van der Waals surface area contributed by atoms with Crippen LogP contribution in [0.2, 0.25) is 0 Å². The Labute approximate surface area is 95.9 Å². The molecule has 0 saturated carbocycles. The average molecular weight is 214 g/mol. The smallest absolute Gasteiger partial charge is 0.167 e. The van der Waals surface area contributed by atoms with Gasteiger partial charge >= 0.3 is 0 Å². The van der Waals surface area contributed by atoms with Crippen molar-refractivity contribution in [2.75, 3.05) is 0 Å². The van der Waals surface area contributed by atoms with Crippen LogP contribution in [-0.2, 0) is 0 Å². The molecule has 0 fully saturated rings. The van der Waals surface area contributed by atoms with Crippen LogP contribution in [0, 0.1) is 0 Å². The van der Waals surface area contributed by atoms with E-state index in [1.54, 1.807) is 0 Å². The highest BCUT2D eigenvalue weighted by Gasteiger charge is 2.23. The van der Waals surface area contributed by atoms with Gasteiger partial charge in [0.25, 0.3) is 0 Å². The van der Waals surface area contributed by atoms with E-state index < -0.39 is 0 Å². The summed E-state index contributed by atoms with van der Waals surface area (Å²) >= 11 is 0. The predicted molar refractivity (Wildman–Crippen MR) is 64.1 cm³/mol. The van der Waals surface area contributed by atoms with Crippen LogP contribution in [0.5, 0.6) is 0 Å². The van der Waals surface area contributed by atoms with Crippen LogP contribution in [0.3, 0.4) is 0 Å². The van der Waals surface area contributed by atoms with E-state index in [9.17, 15) is 0 Å². The van der Waals surface area contributed by atoms with Gasteiger partial charge in [-0.1, -0.05) is 60.7 Å². The number of rotatable bonds is 3. The molecular weight excluding hydrogens is 196 g/mol. The summed E-state index contributed by atoms with van der Waals surface area (Å²) in [6, 6.07) is 21.1. The van der Waals surface area contributed by atoms with E-state index in [-0.39, 0.29) is 12.1 Å². The van der Waals surface area contributed by atoms with Gasteiger partial charge in [-0.2, -0.15) is 0 Å². The number of hydrogen-bond acceptors (Lipinski definition) is 0. The minimum Gasteiger partial charge on any atom is -0.346 e. The standard InChI is InChI=1S/C14H16N2/c15-13(11-7-3-1-4-8-11)14(16)12-9-5-2-6-10-12/h1-10,13-14H,15-16H2/p+2/t13-,14+. The zero-order valence-corrected chi connectivity index (χ0v) is 9.34. The first-order valence-corrected chi connectivity index (χ1v) is 5.55. The van der Waals surface area contributed by atoms with Gasteiger partial charge in [-0.25, -0.2) is 0 Å². The lowest BCUT2D eigenvalue weighted by molar-refractivity contribution is -0.540. The molecule has 0 aliphatic rings. The van der Waals surface area contributed by atoms with Gasteiger partial charge < -0.3 is 11.5 Å². The second-order valence-electron chi connectivity index (χ2n) is 4.03. The molecule has 0 aromatic heterocycles. The Morgan fingerprint density at radius 3 is 1.19 bits per heavy atom. The Kier molecular flexibility index (Phi) is 3.34. The average Bonchev–Trinajstić information content (AvgIpc) is 2.39. The quantitative estimate of drug-likeness (QED) is 0.764. The number of benzene rings is 2. The zero-order valence-electron chi connectivity index (χ0n) is 9.34. The molecule has 2 rings (SSSR count). The fourth-order valence-electron chi connectivity index (χ4n) is 1.87. The van der Waals surface area contributed by atoms with Crippen LogP contribution in [0.15, 0.2) is 60.7 Å². The highest BCUT2D eigenvalue weighted by atomic mass is 14.8. The molecule has 6 N–H and O–H groups in total. The lowest BCUT2D eigenvalue weighted by Crippen LogP contribution is -2.68. The first kappa shape index (κ1) is 10.9. The molecule has 0 saturated heterocycles. The first-order chi connectivity index (χ1) is 7.79. The SMILES string of the molecule is [NH3+][C@H](c1ccccc1)[C@@H]([NH3+])c1ccccc1. The molecule has 0 amide bonds. The highest BCUT2D eigenvalue weighted by Crippen LogP contribution is 2.20. The third-order valence-electron chi connectivity index (χ3n) is 2.94. The van der Waals surface area contributed by atoms with Crippen LogP contribution >= 0.6 is 0 Å². The minimum atomic E-state index is 0.198.